The van der Waals surface area contributed by atoms with Gasteiger partial charge >= 0.3 is 0 Å². The van der Waals surface area contributed by atoms with Crippen molar-refractivity contribution in [3.8, 4) is 11.5 Å². The number of ether oxygens (including phenoxy) is 2. The minimum absolute atomic E-state index is 0.314. The van der Waals surface area contributed by atoms with Gasteiger partial charge in [-0.3, -0.25) is 10.2 Å². The summed E-state index contributed by atoms with van der Waals surface area (Å²) in [6, 6.07) is 15.1. The number of aromatic nitrogens is 1. The van der Waals surface area contributed by atoms with E-state index in [1.54, 1.807) is 32.5 Å². The van der Waals surface area contributed by atoms with E-state index in [9.17, 15) is 5.21 Å². The second kappa shape index (κ2) is 7.45. The number of fused-ring (bicyclic) bond motifs is 1. The molecule has 0 saturated carbocycles. The van der Waals surface area contributed by atoms with Gasteiger partial charge in [0.1, 0.15) is 11.5 Å². The zero-order valence-electron chi connectivity index (χ0n) is 15.4. The smallest absolute Gasteiger partial charge is 0.222 e. The lowest BCUT2D eigenvalue weighted by Gasteiger charge is -2.26. The number of guanidine groups is 1. The van der Waals surface area contributed by atoms with Gasteiger partial charge in [-0.15, -0.1) is 0 Å². The molecular weight excluding hydrogens is 358 g/mol. The highest BCUT2D eigenvalue weighted by atomic mass is 16.5. The van der Waals surface area contributed by atoms with Crippen molar-refractivity contribution in [3.63, 3.8) is 0 Å². The number of hydroxylamine groups is 1. The van der Waals surface area contributed by atoms with Crippen LogP contribution in [-0.2, 0) is 0 Å². The molecule has 0 atom stereocenters. The molecule has 0 aliphatic carbocycles. The van der Waals surface area contributed by atoms with Crippen molar-refractivity contribution in [3.05, 3.63) is 66.5 Å². The third kappa shape index (κ3) is 3.40. The first kappa shape index (κ1) is 17.6. The van der Waals surface area contributed by atoms with Crippen molar-refractivity contribution >= 4 is 28.2 Å². The monoisotopic (exact) mass is 377 g/mol. The summed E-state index contributed by atoms with van der Waals surface area (Å²) < 4.78 is 10.8. The van der Waals surface area contributed by atoms with E-state index in [0.717, 1.165) is 21.6 Å². The van der Waals surface area contributed by atoms with Gasteiger partial charge in [-0.25, -0.2) is 10.4 Å². The molecule has 0 unspecified atom stereocenters. The van der Waals surface area contributed by atoms with E-state index in [4.69, 9.17) is 9.47 Å². The summed E-state index contributed by atoms with van der Waals surface area (Å²) in [4.78, 5) is 8.87. The maximum atomic E-state index is 10.1. The highest BCUT2D eigenvalue weighted by Crippen LogP contribution is 2.37. The van der Waals surface area contributed by atoms with Crippen molar-refractivity contribution in [1.82, 2.24) is 20.9 Å². The van der Waals surface area contributed by atoms with E-state index in [1.807, 2.05) is 36.4 Å². The molecule has 0 radical (unpaired) electrons. The van der Waals surface area contributed by atoms with Crippen LogP contribution in [0.25, 0.3) is 16.6 Å². The predicted molar refractivity (Wildman–Crippen MR) is 106 cm³/mol. The van der Waals surface area contributed by atoms with Crippen LogP contribution < -0.4 is 20.2 Å². The Kier molecular flexibility index (Phi) is 4.69. The second-order valence-electron chi connectivity index (χ2n) is 6.01. The van der Waals surface area contributed by atoms with E-state index in [1.165, 1.54) is 6.20 Å². The predicted octanol–water partition coefficient (Wildman–Crippen LogP) is 3.04. The lowest BCUT2D eigenvalue weighted by Crippen LogP contribution is -2.48. The molecular formula is C20H19N5O3. The molecule has 142 valence electrons. The zero-order chi connectivity index (χ0) is 19.5. The molecule has 1 aromatic heterocycles. The number of para-hydroxylation sites is 1. The molecule has 8 heteroatoms. The van der Waals surface area contributed by atoms with Crippen LogP contribution in [0.15, 0.2) is 65.9 Å². The molecule has 0 bridgehead atoms. The topological polar surface area (TPSA) is 91.2 Å². The fourth-order valence-corrected chi connectivity index (χ4v) is 2.95. The number of pyridine rings is 1. The molecule has 8 nitrogen and oxygen atoms in total. The summed E-state index contributed by atoms with van der Waals surface area (Å²) in [7, 11) is 3.12. The maximum absolute atomic E-state index is 10.1. The number of rotatable bonds is 4. The largest absolute Gasteiger partial charge is 0.494 e. The Morgan fingerprint density at radius 3 is 2.57 bits per heavy atom. The van der Waals surface area contributed by atoms with Crippen LogP contribution in [-0.4, -0.2) is 35.5 Å². The Labute approximate surface area is 161 Å². The number of methoxy groups -OCH3 is 2. The van der Waals surface area contributed by atoms with Gasteiger partial charge in [0.05, 0.1) is 31.6 Å². The average Bonchev–Trinajstić information content (AvgIpc) is 2.73. The van der Waals surface area contributed by atoms with E-state index >= 15 is 0 Å². The van der Waals surface area contributed by atoms with Gasteiger partial charge in [-0.05, 0) is 30.3 Å². The Bertz CT molecular complexity index is 1060. The van der Waals surface area contributed by atoms with Gasteiger partial charge in [-0.2, -0.15) is 5.17 Å². The Morgan fingerprint density at radius 1 is 1.04 bits per heavy atom. The first-order valence-electron chi connectivity index (χ1n) is 8.56. The Hall–Kier alpha value is -3.78. The number of hydrogen-bond donors (Lipinski definition) is 3. The summed E-state index contributed by atoms with van der Waals surface area (Å²) in [5.41, 5.74) is 5.67. The SMILES string of the molecule is COc1cccc(OC)c1N=C1NC(c2ccc3ncccc3c2)=CN(O)N1. The van der Waals surface area contributed by atoms with Crippen LogP contribution in [0.1, 0.15) is 5.56 Å². The summed E-state index contributed by atoms with van der Waals surface area (Å²) in [6.07, 6.45) is 3.28. The first-order chi connectivity index (χ1) is 13.7. The van der Waals surface area contributed by atoms with Gasteiger partial charge in [0.15, 0.2) is 5.69 Å². The van der Waals surface area contributed by atoms with E-state index in [0.29, 0.717) is 28.8 Å². The van der Waals surface area contributed by atoms with Gasteiger partial charge in [0.25, 0.3) is 0 Å². The standard InChI is InChI=1S/C20H19N5O3/c1-27-17-6-3-7-18(28-2)19(17)23-20-22-16(12-25(26)24-20)14-8-9-15-13(11-14)5-4-10-21-15/h3-12,26H,1-2H3,(H2,22,23,24). The number of nitrogens with zero attached hydrogens (tertiary/aromatic N) is 3. The van der Waals surface area contributed by atoms with E-state index in [-0.39, 0.29) is 0 Å². The average molecular weight is 377 g/mol. The number of benzene rings is 2. The number of hydrogen-bond acceptors (Lipinski definition) is 6. The molecule has 2 aromatic carbocycles. The third-order valence-electron chi connectivity index (χ3n) is 4.26. The fourth-order valence-electron chi connectivity index (χ4n) is 2.95. The normalized spacial score (nSPS) is 15.0. The van der Waals surface area contributed by atoms with Gasteiger partial charge in [0.2, 0.25) is 5.96 Å². The van der Waals surface area contributed by atoms with Crippen LogP contribution in [0.4, 0.5) is 5.69 Å². The van der Waals surface area contributed by atoms with Crippen molar-refractivity contribution in [2.45, 2.75) is 0 Å². The van der Waals surface area contributed by atoms with Crippen LogP contribution in [0.5, 0.6) is 11.5 Å². The van der Waals surface area contributed by atoms with E-state index < -0.39 is 0 Å². The molecule has 0 spiro atoms. The number of hydrazine groups is 1. The van der Waals surface area contributed by atoms with Crippen molar-refractivity contribution in [2.24, 2.45) is 4.99 Å². The van der Waals surface area contributed by atoms with Crippen molar-refractivity contribution in [2.75, 3.05) is 14.2 Å². The highest BCUT2D eigenvalue weighted by Gasteiger charge is 2.17. The number of aliphatic imine (C=N–C) groups is 1. The minimum Gasteiger partial charge on any atom is -0.494 e. The molecule has 2 heterocycles. The lowest BCUT2D eigenvalue weighted by molar-refractivity contribution is -0.0703. The van der Waals surface area contributed by atoms with Crippen LogP contribution in [0.3, 0.4) is 0 Å². The zero-order valence-corrected chi connectivity index (χ0v) is 15.4. The second-order valence-corrected chi connectivity index (χ2v) is 6.01. The van der Waals surface area contributed by atoms with Crippen LogP contribution >= 0.6 is 0 Å². The molecule has 0 amide bonds. The Morgan fingerprint density at radius 2 is 1.82 bits per heavy atom. The summed E-state index contributed by atoms with van der Waals surface area (Å²) >= 11 is 0. The molecule has 3 N–H and O–H groups in total. The Balaban J connectivity index is 1.71. The molecule has 4 rings (SSSR count). The van der Waals surface area contributed by atoms with Crippen molar-refractivity contribution in [1.29, 1.82) is 0 Å². The summed E-state index contributed by atoms with van der Waals surface area (Å²) in [6.45, 7) is 0. The quantitative estimate of drug-likeness (QED) is 0.644. The minimum atomic E-state index is 0.314. The molecule has 3 aromatic rings. The molecule has 1 aliphatic heterocycles. The van der Waals surface area contributed by atoms with Crippen LogP contribution in [0, 0.1) is 0 Å². The molecule has 1 aliphatic rings. The summed E-state index contributed by atoms with van der Waals surface area (Å²) in [5.74, 6) is 1.41. The van der Waals surface area contributed by atoms with Gasteiger partial charge in [0, 0.05) is 17.1 Å². The van der Waals surface area contributed by atoms with Gasteiger partial charge < -0.3 is 14.8 Å². The molecule has 0 fully saturated rings. The fraction of sp³-hybridized carbons (Fsp3) is 0.100. The van der Waals surface area contributed by atoms with E-state index in [2.05, 4.69) is 20.7 Å². The first-order valence-corrected chi connectivity index (χ1v) is 8.56. The lowest BCUT2D eigenvalue weighted by atomic mass is 10.1. The van der Waals surface area contributed by atoms with Crippen LogP contribution in [0.2, 0.25) is 0 Å². The van der Waals surface area contributed by atoms with Gasteiger partial charge in [-0.1, -0.05) is 18.2 Å². The maximum Gasteiger partial charge on any atom is 0.222 e. The molecule has 0 saturated heterocycles. The molecule has 28 heavy (non-hydrogen) atoms. The number of nitrogens with one attached hydrogen (secondary N) is 2. The third-order valence-corrected chi connectivity index (χ3v) is 4.26. The summed E-state index contributed by atoms with van der Waals surface area (Å²) in [5, 5.41) is 15.1. The van der Waals surface area contributed by atoms with Crippen molar-refractivity contribution < 1.29 is 14.7 Å². The highest BCUT2D eigenvalue weighted by molar-refractivity contribution is 5.94.